The van der Waals surface area contributed by atoms with Gasteiger partial charge in [-0.1, -0.05) is 29.8 Å². The van der Waals surface area contributed by atoms with Crippen LogP contribution in [-0.2, 0) is 4.79 Å². The third-order valence-electron chi connectivity index (χ3n) is 2.96. The van der Waals surface area contributed by atoms with E-state index in [-0.39, 0.29) is 12.5 Å². The van der Waals surface area contributed by atoms with Crippen molar-refractivity contribution >= 4 is 29.3 Å². The first-order chi connectivity index (χ1) is 10.6. The van der Waals surface area contributed by atoms with Crippen LogP contribution in [0.15, 0.2) is 53.4 Å². The Morgan fingerprint density at radius 2 is 1.91 bits per heavy atom. The van der Waals surface area contributed by atoms with E-state index >= 15 is 0 Å². The number of amides is 1. The summed E-state index contributed by atoms with van der Waals surface area (Å²) in [5.41, 5.74) is 1.02. The van der Waals surface area contributed by atoms with E-state index in [4.69, 9.17) is 16.3 Å². The number of rotatable bonds is 7. The van der Waals surface area contributed by atoms with Gasteiger partial charge in [0.2, 0.25) is 0 Å². The van der Waals surface area contributed by atoms with Crippen LogP contribution in [0.1, 0.15) is 5.56 Å². The number of ether oxygens (including phenoxy) is 1. The van der Waals surface area contributed by atoms with Crippen molar-refractivity contribution in [3.63, 3.8) is 0 Å². The average Bonchev–Trinajstić information content (AvgIpc) is 2.52. The van der Waals surface area contributed by atoms with E-state index in [2.05, 4.69) is 5.32 Å². The van der Waals surface area contributed by atoms with Crippen molar-refractivity contribution in [1.82, 2.24) is 5.32 Å². The fraction of sp³-hybridized carbons (Fsp3) is 0.235. The molecule has 1 N–H and O–H groups in total. The lowest BCUT2D eigenvalue weighted by atomic mass is 10.2. The van der Waals surface area contributed by atoms with Crippen molar-refractivity contribution in [2.45, 2.75) is 11.8 Å². The lowest BCUT2D eigenvalue weighted by molar-refractivity contribution is -0.122. The predicted octanol–water partition coefficient (Wildman–Crippen LogP) is 3.94. The van der Waals surface area contributed by atoms with Crippen LogP contribution >= 0.6 is 23.4 Å². The predicted molar refractivity (Wildman–Crippen MR) is 91.9 cm³/mol. The van der Waals surface area contributed by atoms with Crippen LogP contribution in [0.3, 0.4) is 0 Å². The molecule has 5 heteroatoms. The number of carbonyl (C=O) groups excluding carboxylic acids is 1. The molecule has 0 aromatic heterocycles. The second-order valence-electron chi connectivity index (χ2n) is 4.71. The number of thioether (sulfide) groups is 1. The van der Waals surface area contributed by atoms with Crippen LogP contribution in [0.5, 0.6) is 5.75 Å². The van der Waals surface area contributed by atoms with Gasteiger partial charge in [-0.3, -0.25) is 4.79 Å². The Balaban J connectivity index is 1.64. The summed E-state index contributed by atoms with van der Waals surface area (Å²) in [5.74, 6) is 1.44. The summed E-state index contributed by atoms with van der Waals surface area (Å²) >= 11 is 7.50. The zero-order valence-electron chi connectivity index (χ0n) is 12.3. The standard InChI is InChI=1S/C17H18ClNO2S/c1-13-4-2-3-5-16(13)21-12-17(20)19-10-11-22-15-8-6-14(18)7-9-15/h2-9H,10-12H2,1H3,(H,19,20). The highest BCUT2D eigenvalue weighted by Gasteiger charge is 2.04. The van der Waals surface area contributed by atoms with Crippen molar-refractivity contribution in [1.29, 1.82) is 0 Å². The number of halogens is 1. The molecule has 1 amide bonds. The lowest BCUT2D eigenvalue weighted by Crippen LogP contribution is -2.30. The smallest absolute Gasteiger partial charge is 0.257 e. The highest BCUT2D eigenvalue weighted by molar-refractivity contribution is 7.99. The number of hydrogen-bond acceptors (Lipinski definition) is 3. The van der Waals surface area contributed by atoms with Gasteiger partial charge in [0.05, 0.1) is 0 Å². The van der Waals surface area contributed by atoms with Crippen LogP contribution in [0.25, 0.3) is 0 Å². The van der Waals surface area contributed by atoms with Gasteiger partial charge in [-0.25, -0.2) is 0 Å². The van der Waals surface area contributed by atoms with Crippen molar-refractivity contribution < 1.29 is 9.53 Å². The Kier molecular flexibility index (Phi) is 6.62. The molecule has 0 aliphatic rings. The first-order valence-corrected chi connectivity index (χ1v) is 8.35. The summed E-state index contributed by atoms with van der Waals surface area (Å²) in [4.78, 5) is 12.9. The summed E-state index contributed by atoms with van der Waals surface area (Å²) in [6, 6.07) is 15.3. The first-order valence-electron chi connectivity index (χ1n) is 6.98. The van der Waals surface area contributed by atoms with Gasteiger partial charge in [-0.05, 0) is 42.8 Å². The summed E-state index contributed by atoms with van der Waals surface area (Å²) in [5, 5.41) is 3.57. The SMILES string of the molecule is Cc1ccccc1OCC(=O)NCCSc1ccc(Cl)cc1. The maximum Gasteiger partial charge on any atom is 0.257 e. The van der Waals surface area contributed by atoms with Gasteiger partial charge in [0.15, 0.2) is 6.61 Å². The van der Waals surface area contributed by atoms with E-state index in [0.29, 0.717) is 6.54 Å². The van der Waals surface area contributed by atoms with Gasteiger partial charge in [-0.2, -0.15) is 0 Å². The molecule has 2 aromatic carbocycles. The average molecular weight is 336 g/mol. The monoisotopic (exact) mass is 335 g/mol. The Morgan fingerprint density at radius 1 is 1.18 bits per heavy atom. The zero-order valence-corrected chi connectivity index (χ0v) is 13.9. The molecule has 0 atom stereocenters. The van der Waals surface area contributed by atoms with Crippen LogP contribution in [-0.4, -0.2) is 24.8 Å². The number of para-hydroxylation sites is 1. The number of benzene rings is 2. The van der Waals surface area contributed by atoms with Gasteiger partial charge in [-0.15, -0.1) is 11.8 Å². The third-order valence-corrected chi connectivity index (χ3v) is 4.22. The molecule has 0 saturated carbocycles. The molecule has 116 valence electrons. The minimum Gasteiger partial charge on any atom is -0.484 e. The molecule has 0 heterocycles. The van der Waals surface area contributed by atoms with Gasteiger partial charge < -0.3 is 10.1 Å². The normalized spacial score (nSPS) is 10.3. The molecule has 0 bridgehead atoms. The number of aryl methyl sites for hydroxylation is 1. The van der Waals surface area contributed by atoms with Gasteiger partial charge in [0.1, 0.15) is 5.75 Å². The van der Waals surface area contributed by atoms with Crippen molar-refractivity contribution in [3.05, 3.63) is 59.1 Å². The molecular formula is C17H18ClNO2S. The van der Waals surface area contributed by atoms with E-state index in [9.17, 15) is 4.79 Å². The van der Waals surface area contributed by atoms with Gasteiger partial charge >= 0.3 is 0 Å². The highest BCUT2D eigenvalue weighted by atomic mass is 35.5. The Hall–Kier alpha value is -1.65. The Labute approximate surface area is 140 Å². The van der Waals surface area contributed by atoms with Crippen molar-refractivity contribution in [2.75, 3.05) is 18.9 Å². The van der Waals surface area contributed by atoms with E-state index in [1.165, 1.54) is 0 Å². The topological polar surface area (TPSA) is 38.3 Å². The fourth-order valence-corrected chi connectivity index (χ4v) is 2.70. The van der Waals surface area contributed by atoms with E-state index < -0.39 is 0 Å². The Morgan fingerprint density at radius 3 is 2.64 bits per heavy atom. The molecular weight excluding hydrogens is 318 g/mol. The van der Waals surface area contributed by atoms with Crippen LogP contribution in [0, 0.1) is 6.92 Å². The molecule has 0 radical (unpaired) electrons. The summed E-state index contributed by atoms with van der Waals surface area (Å²) in [6.45, 7) is 2.59. The molecule has 2 rings (SSSR count). The Bertz CT molecular complexity index is 616. The molecule has 2 aromatic rings. The second-order valence-corrected chi connectivity index (χ2v) is 6.31. The number of hydrogen-bond donors (Lipinski definition) is 1. The second kappa shape index (κ2) is 8.71. The molecule has 22 heavy (non-hydrogen) atoms. The summed E-state index contributed by atoms with van der Waals surface area (Å²) in [6.07, 6.45) is 0. The van der Waals surface area contributed by atoms with Crippen LogP contribution < -0.4 is 10.1 Å². The number of nitrogens with one attached hydrogen (secondary N) is 1. The van der Waals surface area contributed by atoms with Gasteiger partial charge in [0, 0.05) is 22.2 Å². The van der Waals surface area contributed by atoms with E-state index in [0.717, 1.165) is 27.0 Å². The van der Waals surface area contributed by atoms with E-state index in [1.54, 1.807) is 11.8 Å². The summed E-state index contributed by atoms with van der Waals surface area (Å²) in [7, 11) is 0. The lowest BCUT2D eigenvalue weighted by Gasteiger charge is -2.09. The first kappa shape index (κ1) is 16.7. The molecule has 0 saturated heterocycles. The van der Waals surface area contributed by atoms with E-state index in [1.807, 2.05) is 55.5 Å². The molecule has 0 aliphatic carbocycles. The van der Waals surface area contributed by atoms with Crippen molar-refractivity contribution in [2.24, 2.45) is 0 Å². The molecule has 0 unspecified atom stereocenters. The highest BCUT2D eigenvalue weighted by Crippen LogP contribution is 2.19. The minimum atomic E-state index is -0.111. The maximum atomic E-state index is 11.7. The maximum absolute atomic E-state index is 11.7. The fourth-order valence-electron chi connectivity index (χ4n) is 1.80. The molecule has 0 spiro atoms. The van der Waals surface area contributed by atoms with Crippen molar-refractivity contribution in [3.8, 4) is 5.75 Å². The largest absolute Gasteiger partial charge is 0.484 e. The molecule has 0 aliphatic heterocycles. The van der Waals surface area contributed by atoms with Gasteiger partial charge in [0.25, 0.3) is 5.91 Å². The third kappa shape index (κ3) is 5.62. The molecule has 3 nitrogen and oxygen atoms in total. The summed E-state index contributed by atoms with van der Waals surface area (Å²) < 4.78 is 5.49. The van der Waals surface area contributed by atoms with Crippen LogP contribution in [0.2, 0.25) is 5.02 Å². The minimum absolute atomic E-state index is 0.0382. The molecule has 0 fully saturated rings. The zero-order chi connectivity index (χ0) is 15.8. The quantitative estimate of drug-likeness (QED) is 0.615. The van der Waals surface area contributed by atoms with Crippen LogP contribution in [0.4, 0.5) is 0 Å². The number of carbonyl (C=O) groups is 1.